The Morgan fingerprint density at radius 3 is 2.49 bits per heavy atom. The average Bonchev–Trinajstić information content (AvgIpc) is 3.46. The van der Waals surface area contributed by atoms with Gasteiger partial charge in [-0.05, 0) is 83.6 Å². The maximum atomic E-state index is 14.0. The van der Waals surface area contributed by atoms with Gasteiger partial charge in [0.05, 0.1) is 24.0 Å². The summed E-state index contributed by atoms with van der Waals surface area (Å²) >= 11 is 0. The summed E-state index contributed by atoms with van der Waals surface area (Å²) in [6, 6.07) is 6.30. The fourth-order valence-electron chi connectivity index (χ4n) is 6.61. The first kappa shape index (κ1) is 27.4. The third-order valence-electron chi connectivity index (χ3n) is 8.13. The monoisotopic (exact) mass is 515 g/mol. The van der Waals surface area contributed by atoms with Crippen LogP contribution in [0.15, 0.2) is 24.3 Å². The number of hydrogen-bond donors (Lipinski definition) is 3. The Balaban J connectivity index is 1.64. The molecule has 0 aliphatic carbocycles. The molecule has 3 fully saturated rings. The Bertz CT molecular complexity index is 998. The number of likely N-dealkylation sites (tertiary alicyclic amines) is 1. The van der Waals surface area contributed by atoms with E-state index in [2.05, 4.69) is 10.6 Å². The predicted molar refractivity (Wildman–Crippen MR) is 139 cm³/mol. The number of amides is 3. The van der Waals surface area contributed by atoms with Crippen LogP contribution in [0.3, 0.4) is 0 Å². The number of nitrogens with zero attached hydrogens (tertiary/aromatic N) is 1. The minimum atomic E-state index is -1.02. The summed E-state index contributed by atoms with van der Waals surface area (Å²) in [5.41, 5.74) is -1.18. The zero-order chi connectivity index (χ0) is 26.8. The fourth-order valence-corrected chi connectivity index (χ4v) is 6.61. The second kappa shape index (κ2) is 11.0. The largest absolute Gasteiger partial charge is 0.494 e. The molecule has 2 unspecified atom stereocenters. The van der Waals surface area contributed by atoms with Crippen molar-refractivity contribution in [3.05, 3.63) is 24.3 Å². The van der Waals surface area contributed by atoms with Crippen LogP contribution in [0, 0.1) is 11.8 Å². The lowest BCUT2D eigenvalue weighted by atomic mass is 9.65. The maximum Gasteiger partial charge on any atom is 0.246 e. The van der Waals surface area contributed by atoms with E-state index in [1.165, 1.54) is 0 Å². The molecular weight excluding hydrogens is 474 g/mol. The van der Waals surface area contributed by atoms with Gasteiger partial charge in [0.25, 0.3) is 0 Å². The molecule has 4 rings (SSSR count). The lowest BCUT2D eigenvalue weighted by Crippen LogP contribution is -2.56. The molecule has 2 bridgehead atoms. The summed E-state index contributed by atoms with van der Waals surface area (Å²) in [6.07, 6.45) is 3.82. The third-order valence-corrected chi connectivity index (χ3v) is 8.13. The Morgan fingerprint density at radius 1 is 1.14 bits per heavy atom. The molecule has 1 spiro atoms. The third kappa shape index (κ3) is 4.83. The molecule has 0 aromatic heterocycles. The van der Waals surface area contributed by atoms with Gasteiger partial charge in [-0.3, -0.25) is 14.4 Å². The van der Waals surface area contributed by atoms with E-state index in [9.17, 15) is 14.4 Å². The summed E-state index contributed by atoms with van der Waals surface area (Å²) in [5.74, 6) is -1.36. The van der Waals surface area contributed by atoms with Gasteiger partial charge in [-0.2, -0.15) is 0 Å². The Hall–Kier alpha value is -2.65. The number of aliphatic hydroxyl groups is 1. The second-order valence-corrected chi connectivity index (χ2v) is 10.8. The summed E-state index contributed by atoms with van der Waals surface area (Å²) in [7, 11) is 0. The summed E-state index contributed by atoms with van der Waals surface area (Å²) in [6.45, 7) is 8.71. The molecule has 0 radical (unpaired) electrons. The first-order valence-corrected chi connectivity index (χ1v) is 13.7. The van der Waals surface area contributed by atoms with E-state index in [4.69, 9.17) is 14.6 Å². The molecule has 1 aromatic rings. The Kier molecular flexibility index (Phi) is 8.14. The second-order valence-electron chi connectivity index (χ2n) is 10.8. The molecule has 204 valence electrons. The van der Waals surface area contributed by atoms with Crippen molar-refractivity contribution >= 4 is 23.4 Å². The number of fused-ring (bicyclic) bond motifs is 1. The predicted octanol–water partition coefficient (Wildman–Crippen LogP) is 2.87. The number of ether oxygens (including phenoxy) is 2. The van der Waals surface area contributed by atoms with E-state index in [1.807, 2.05) is 27.7 Å². The van der Waals surface area contributed by atoms with E-state index in [0.29, 0.717) is 50.9 Å². The van der Waals surface area contributed by atoms with Gasteiger partial charge in [0, 0.05) is 24.9 Å². The van der Waals surface area contributed by atoms with Gasteiger partial charge in [-0.15, -0.1) is 0 Å². The molecule has 3 aliphatic heterocycles. The number of nitrogens with one attached hydrogen (secondary N) is 2. The van der Waals surface area contributed by atoms with Gasteiger partial charge >= 0.3 is 0 Å². The lowest BCUT2D eigenvalue weighted by molar-refractivity contribution is -0.146. The zero-order valence-electron chi connectivity index (χ0n) is 22.4. The molecule has 0 saturated carbocycles. The Morgan fingerprint density at radius 2 is 1.86 bits per heavy atom. The lowest BCUT2D eigenvalue weighted by Gasteiger charge is -2.34. The topological polar surface area (TPSA) is 117 Å². The Labute approximate surface area is 219 Å². The molecule has 3 heterocycles. The van der Waals surface area contributed by atoms with Crippen molar-refractivity contribution in [3.8, 4) is 5.75 Å². The van der Waals surface area contributed by atoms with Crippen molar-refractivity contribution in [2.24, 2.45) is 11.8 Å². The smallest absolute Gasteiger partial charge is 0.246 e. The van der Waals surface area contributed by atoms with Gasteiger partial charge in [0.15, 0.2) is 0 Å². The number of anilines is 1. The molecule has 3 aliphatic rings. The van der Waals surface area contributed by atoms with Gasteiger partial charge < -0.3 is 30.1 Å². The highest BCUT2D eigenvalue weighted by Crippen LogP contribution is 2.64. The number of rotatable bonds is 12. The summed E-state index contributed by atoms with van der Waals surface area (Å²) < 4.78 is 12.2. The normalized spacial score (nSPS) is 30.1. The van der Waals surface area contributed by atoms with Crippen LogP contribution < -0.4 is 15.4 Å². The molecule has 3 saturated heterocycles. The first-order valence-electron chi connectivity index (χ1n) is 13.7. The highest BCUT2D eigenvalue weighted by Gasteiger charge is 2.78. The summed E-state index contributed by atoms with van der Waals surface area (Å²) in [4.78, 5) is 43.0. The van der Waals surface area contributed by atoms with Crippen LogP contribution in [0.1, 0.15) is 66.2 Å². The number of carbonyl (C=O) groups excluding carboxylic acids is 3. The molecule has 1 aromatic carbocycles. The van der Waals surface area contributed by atoms with Crippen LogP contribution in [-0.4, -0.2) is 70.8 Å². The van der Waals surface area contributed by atoms with Crippen molar-refractivity contribution in [1.29, 1.82) is 0 Å². The van der Waals surface area contributed by atoms with Crippen LogP contribution in [0.25, 0.3) is 0 Å². The standard InChI is InChI=1S/C28H41N3O6/c1-5-27-14-15-28(37-27)22(21(27)24(33)30-19-10-12-20(13-11-19)36-6-2)26(35)31(16-8-7-9-17-32)23(28)25(34)29-18(3)4/h10-13,18,21-23,32H,5-9,14-17H2,1-4H3,(H,29,34)(H,30,33)/t21-,22-,23?,27+,28?/m0/s1. The first-order chi connectivity index (χ1) is 17.7. The molecule has 5 atom stereocenters. The van der Waals surface area contributed by atoms with Gasteiger partial charge in [-0.25, -0.2) is 0 Å². The average molecular weight is 516 g/mol. The quantitative estimate of drug-likeness (QED) is 0.369. The van der Waals surface area contributed by atoms with Crippen LogP contribution in [0.4, 0.5) is 5.69 Å². The minimum absolute atomic E-state index is 0.0909. The van der Waals surface area contributed by atoms with Crippen LogP contribution in [-0.2, 0) is 19.1 Å². The summed E-state index contributed by atoms with van der Waals surface area (Å²) in [5, 5.41) is 15.2. The number of benzene rings is 1. The highest BCUT2D eigenvalue weighted by molar-refractivity contribution is 6.02. The molecule has 9 nitrogen and oxygen atoms in total. The van der Waals surface area contributed by atoms with E-state index >= 15 is 0 Å². The molecule has 37 heavy (non-hydrogen) atoms. The maximum absolute atomic E-state index is 14.0. The number of hydrogen-bond acceptors (Lipinski definition) is 6. The van der Waals surface area contributed by atoms with Gasteiger partial charge in [0.1, 0.15) is 17.4 Å². The fraction of sp³-hybridized carbons (Fsp3) is 0.679. The van der Waals surface area contributed by atoms with Crippen LogP contribution in [0.5, 0.6) is 5.75 Å². The van der Waals surface area contributed by atoms with Crippen LogP contribution in [0.2, 0.25) is 0 Å². The van der Waals surface area contributed by atoms with Crippen molar-refractivity contribution in [1.82, 2.24) is 10.2 Å². The SMILES string of the molecule is CCOc1ccc(NC(=O)[C@@H]2[C@H]3C(=O)N(CCCCCO)C(C(=O)NC(C)C)C34CC[C@@]2(CC)O4)cc1. The molecule has 3 amide bonds. The van der Waals surface area contributed by atoms with E-state index in [0.717, 1.165) is 12.2 Å². The molecule has 3 N–H and O–H groups in total. The molecule has 9 heteroatoms. The van der Waals surface area contributed by atoms with Crippen LogP contribution >= 0.6 is 0 Å². The number of unbranched alkanes of at least 4 members (excludes halogenated alkanes) is 2. The number of aliphatic hydroxyl groups excluding tert-OH is 1. The van der Waals surface area contributed by atoms with E-state index in [-0.39, 0.29) is 30.4 Å². The van der Waals surface area contributed by atoms with Crippen molar-refractivity contribution in [3.63, 3.8) is 0 Å². The van der Waals surface area contributed by atoms with Crippen molar-refractivity contribution in [2.75, 3.05) is 25.1 Å². The number of carbonyl (C=O) groups is 3. The zero-order valence-corrected chi connectivity index (χ0v) is 22.4. The van der Waals surface area contributed by atoms with Crippen molar-refractivity contribution in [2.45, 2.75) is 89.5 Å². The van der Waals surface area contributed by atoms with E-state index < -0.39 is 29.1 Å². The van der Waals surface area contributed by atoms with Gasteiger partial charge in [0.2, 0.25) is 17.7 Å². The van der Waals surface area contributed by atoms with Crippen molar-refractivity contribution < 1.29 is 29.0 Å². The van der Waals surface area contributed by atoms with E-state index in [1.54, 1.807) is 29.2 Å². The van der Waals surface area contributed by atoms with Gasteiger partial charge in [-0.1, -0.05) is 6.92 Å². The molecular formula is C28H41N3O6. The minimum Gasteiger partial charge on any atom is -0.494 e. The highest BCUT2D eigenvalue weighted by atomic mass is 16.5.